The molecule has 1 amide bonds. The highest BCUT2D eigenvalue weighted by atomic mass is 32.2. The normalized spacial score (nSPS) is 14.2. The minimum atomic E-state index is -0.858. The largest absolute Gasteiger partial charge is 0.539 e. The summed E-state index contributed by atoms with van der Waals surface area (Å²) in [5, 5.41) is 16.4. The van der Waals surface area contributed by atoms with Crippen molar-refractivity contribution in [3.63, 3.8) is 0 Å². The number of ether oxygens (including phenoxy) is 1. The number of aromatic nitrogens is 3. The van der Waals surface area contributed by atoms with Gasteiger partial charge in [0.2, 0.25) is 11.5 Å². The number of nitrogens with zero attached hydrogens (tertiary/aromatic N) is 5. The van der Waals surface area contributed by atoms with Gasteiger partial charge in [0.05, 0.1) is 23.8 Å². The van der Waals surface area contributed by atoms with Crippen LogP contribution in [-0.2, 0) is 4.79 Å². The van der Waals surface area contributed by atoms with E-state index in [1.54, 1.807) is 73.1 Å². The quantitative estimate of drug-likeness (QED) is 0.210. The molecule has 10 nitrogen and oxygen atoms in total. The van der Waals surface area contributed by atoms with Gasteiger partial charge in [-0.2, -0.15) is 0 Å². The average molecular weight is 514 g/mol. The van der Waals surface area contributed by atoms with Gasteiger partial charge in [-0.1, -0.05) is 36.0 Å². The molecule has 184 valence electrons. The van der Waals surface area contributed by atoms with E-state index in [2.05, 4.69) is 15.2 Å². The third-order valence-corrected chi connectivity index (χ3v) is 6.29. The molecule has 0 N–H and O–H groups in total. The summed E-state index contributed by atoms with van der Waals surface area (Å²) < 4.78 is 11.1. The second-order valence-electron chi connectivity index (χ2n) is 7.72. The van der Waals surface area contributed by atoms with Crippen LogP contribution in [0.1, 0.15) is 16.1 Å². The van der Waals surface area contributed by atoms with Gasteiger partial charge in [-0.15, -0.1) is 0 Å². The van der Waals surface area contributed by atoms with Gasteiger partial charge in [-0.05, 0) is 46.7 Å². The van der Waals surface area contributed by atoms with Crippen molar-refractivity contribution >= 4 is 40.4 Å². The number of ketones is 1. The molecule has 2 aromatic heterocycles. The van der Waals surface area contributed by atoms with Crippen molar-refractivity contribution in [2.75, 3.05) is 17.8 Å². The van der Waals surface area contributed by atoms with Crippen LogP contribution in [0, 0.1) is 0 Å². The summed E-state index contributed by atoms with van der Waals surface area (Å²) in [4.78, 5) is 36.4. The predicted molar refractivity (Wildman–Crippen MR) is 134 cm³/mol. The zero-order valence-corrected chi connectivity index (χ0v) is 20.3. The van der Waals surface area contributed by atoms with Crippen molar-refractivity contribution in [3.05, 3.63) is 96.1 Å². The summed E-state index contributed by atoms with van der Waals surface area (Å²) in [6.45, 7) is 0. The number of benzene rings is 2. The third-order valence-electron chi connectivity index (χ3n) is 5.36. The molecule has 1 aliphatic heterocycles. The Kier molecular flexibility index (Phi) is 6.77. The van der Waals surface area contributed by atoms with Gasteiger partial charge in [0, 0.05) is 24.5 Å². The van der Waals surface area contributed by atoms with Gasteiger partial charge in [-0.25, -0.2) is 4.99 Å². The molecule has 0 saturated carbocycles. The van der Waals surface area contributed by atoms with Crippen molar-refractivity contribution in [1.82, 2.24) is 10.3 Å². The maximum Gasteiger partial charge on any atom is 0.307 e. The van der Waals surface area contributed by atoms with E-state index >= 15 is 0 Å². The van der Waals surface area contributed by atoms with Crippen LogP contribution in [0.5, 0.6) is 11.7 Å². The SMILES string of the molecule is COc1ccc(-[n+]2noc([O-])c2C(=O)CSC2=N/C(=C/c3cccnc3)C(=O)N2c2ccccc2)cc1. The second-order valence-corrected chi connectivity index (χ2v) is 8.66. The molecule has 0 saturated heterocycles. The molecular formula is C26H19N5O5S. The zero-order valence-electron chi connectivity index (χ0n) is 19.5. The molecule has 4 aromatic rings. The minimum Gasteiger partial charge on any atom is -0.539 e. The molecule has 0 radical (unpaired) electrons. The van der Waals surface area contributed by atoms with E-state index < -0.39 is 11.7 Å². The summed E-state index contributed by atoms with van der Waals surface area (Å²) in [6.07, 6.45) is 4.89. The van der Waals surface area contributed by atoms with Gasteiger partial charge in [0.25, 0.3) is 5.91 Å². The number of thioether (sulfide) groups is 1. The number of methoxy groups -OCH3 is 1. The Morgan fingerprint density at radius 1 is 1.14 bits per heavy atom. The summed E-state index contributed by atoms with van der Waals surface area (Å²) >= 11 is 1.04. The van der Waals surface area contributed by atoms with E-state index in [0.717, 1.165) is 16.4 Å². The summed E-state index contributed by atoms with van der Waals surface area (Å²) in [5.74, 6) is -1.29. The first-order chi connectivity index (χ1) is 18.0. The first kappa shape index (κ1) is 23.9. The van der Waals surface area contributed by atoms with Gasteiger partial charge in [0.15, 0.2) is 11.1 Å². The number of anilines is 1. The predicted octanol–water partition coefficient (Wildman–Crippen LogP) is 2.79. The topological polar surface area (TPSA) is 125 Å². The fraction of sp³-hybridized carbons (Fsp3) is 0.0769. The Labute approximate surface area is 215 Å². The lowest BCUT2D eigenvalue weighted by molar-refractivity contribution is -0.672. The molecule has 1 aliphatic rings. The Hall–Kier alpha value is -4.77. The van der Waals surface area contributed by atoms with Gasteiger partial charge < -0.3 is 14.4 Å². The number of Topliss-reactive ketones (excluding diaryl/α,β-unsaturated/α-hetero) is 1. The average Bonchev–Trinajstić information content (AvgIpc) is 3.47. The lowest BCUT2D eigenvalue weighted by Gasteiger charge is -2.17. The van der Waals surface area contributed by atoms with Crippen LogP contribution in [0.3, 0.4) is 0 Å². The van der Waals surface area contributed by atoms with Gasteiger partial charge >= 0.3 is 5.69 Å². The van der Waals surface area contributed by atoms with E-state index in [9.17, 15) is 14.7 Å². The van der Waals surface area contributed by atoms with Gasteiger partial charge in [0.1, 0.15) is 11.4 Å². The number of para-hydroxylation sites is 1. The van der Waals surface area contributed by atoms with Crippen LogP contribution in [0.25, 0.3) is 11.8 Å². The molecular weight excluding hydrogens is 494 g/mol. The molecule has 0 aliphatic carbocycles. The molecule has 5 rings (SSSR count). The first-order valence-electron chi connectivity index (χ1n) is 11.0. The van der Waals surface area contributed by atoms with E-state index in [1.165, 1.54) is 12.0 Å². The van der Waals surface area contributed by atoms with E-state index in [4.69, 9.17) is 9.26 Å². The Balaban J connectivity index is 1.42. The highest BCUT2D eigenvalue weighted by Gasteiger charge is 2.34. The molecule has 0 atom stereocenters. The minimum absolute atomic E-state index is 0.178. The highest BCUT2D eigenvalue weighted by molar-refractivity contribution is 8.14. The molecule has 0 unspecified atom stereocenters. The number of amides is 1. The number of pyridine rings is 1. The molecule has 0 bridgehead atoms. The third kappa shape index (κ3) is 4.98. The van der Waals surface area contributed by atoms with E-state index in [1.807, 2.05) is 12.1 Å². The Bertz CT molecular complexity index is 1500. The molecule has 0 fully saturated rings. The summed E-state index contributed by atoms with van der Waals surface area (Å²) in [6, 6.07) is 19.2. The molecule has 11 heteroatoms. The molecule has 2 aromatic carbocycles. The number of carbonyl (C=O) groups excluding carboxylic acids is 2. The van der Waals surface area contributed by atoms with E-state index in [0.29, 0.717) is 27.9 Å². The molecule has 3 heterocycles. The maximum absolute atomic E-state index is 13.3. The lowest BCUT2D eigenvalue weighted by atomic mass is 10.2. The van der Waals surface area contributed by atoms with Crippen LogP contribution < -0.4 is 19.4 Å². The first-order valence-corrected chi connectivity index (χ1v) is 12.0. The highest BCUT2D eigenvalue weighted by Crippen LogP contribution is 2.30. The van der Waals surface area contributed by atoms with Gasteiger partial charge in [-0.3, -0.25) is 19.5 Å². The summed E-state index contributed by atoms with van der Waals surface area (Å²) in [7, 11) is 1.53. The number of carbonyl (C=O) groups is 2. The standard InChI is InChI=1S/C26H19N5O5S/c1-35-20-11-9-19(10-12-20)31-23(25(34)36-29-31)22(32)16-37-26-28-21(14-17-6-5-13-27-15-17)24(33)30(26)18-7-3-2-4-8-18/h2-15H,16H2,1H3/b21-14+. The van der Waals surface area contributed by atoms with E-state index in [-0.39, 0.29) is 23.1 Å². The number of hydrogen-bond acceptors (Lipinski definition) is 9. The fourth-order valence-electron chi connectivity index (χ4n) is 3.60. The Morgan fingerprint density at radius 2 is 1.92 bits per heavy atom. The van der Waals surface area contributed by atoms with Crippen LogP contribution in [0.4, 0.5) is 5.69 Å². The van der Waals surface area contributed by atoms with Crippen molar-refractivity contribution < 1.29 is 28.6 Å². The molecule has 37 heavy (non-hydrogen) atoms. The summed E-state index contributed by atoms with van der Waals surface area (Å²) in [5.41, 5.74) is 1.74. The smallest absolute Gasteiger partial charge is 0.307 e. The van der Waals surface area contributed by atoms with Crippen LogP contribution in [-0.4, -0.2) is 40.0 Å². The maximum atomic E-state index is 13.3. The van der Waals surface area contributed by atoms with Crippen LogP contribution in [0.2, 0.25) is 0 Å². The monoisotopic (exact) mass is 513 g/mol. The number of rotatable bonds is 7. The zero-order chi connectivity index (χ0) is 25.8. The van der Waals surface area contributed by atoms with Crippen LogP contribution >= 0.6 is 11.8 Å². The molecule has 0 spiro atoms. The van der Waals surface area contributed by atoms with Crippen molar-refractivity contribution in [3.8, 4) is 17.4 Å². The van der Waals surface area contributed by atoms with Crippen molar-refractivity contribution in [1.29, 1.82) is 0 Å². The fourth-order valence-corrected chi connectivity index (χ4v) is 4.47. The number of aliphatic imine (C=N–C) groups is 1. The number of hydrogen-bond donors (Lipinski definition) is 0. The van der Waals surface area contributed by atoms with Crippen molar-refractivity contribution in [2.45, 2.75) is 0 Å². The van der Waals surface area contributed by atoms with Crippen LogP contribution in [0.15, 0.2) is 94.3 Å². The lowest BCUT2D eigenvalue weighted by Crippen LogP contribution is -2.39. The Morgan fingerprint density at radius 3 is 2.62 bits per heavy atom. The number of amidine groups is 1. The second kappa shape index (κ2) is 10.5. The van der Waals surface area contributed by atoms with Crippen molar-refractivity contribution in [2.24, 2.45) is 4.99 Å².